The summed E-state index contributed by atoms with van der Waals surface area (Å²) in [5, 5.41) is 0. The van der Waals surface area contributed by atoms with Gasteiger partial charge in [-0.15, -0.1) is 11.6 Å². The topological polar surface area (TPSA) is 134 Å². The number of Topliss-reactive ketones (excluding diaryl/α,β-unsaturated/α-hetero) is 1. The summed E-state index contributed by atoms with van der Waals surface area (Å²) in [5.74, 6) is -1.23. The van der Waals surface area contributed by atoms with Crippen LogP contribution in [0.25, 0.3) is 0 Å². The largest absolute Gasteiger partial charge is 0.479 e. The van der Waals surface area contributed by atoms with Crippen molar-refractivity contribution >= 4 is 38.8 Å². The Morgan fingerprint density at radius 2 is 1.84 bits per heavy atom. The van der Waals surface area contributed by atoms with Crippen molar-refractivity contribution < 1.29 is 22.7 Å². The third kappa shape index (κ3) is 4.09. The molecule has 0 amide bonds. The van der Waals surface area contributed by atoms with Gasteiger partial charge < -0.3 is 15.2 Å². The number of hydrogen-bond donors (Lipinski definition) is 2. The van der Waals surface area contributed by atoms with Crippen LogP contribution in [0, 0.1) is 0 Å². The number of rotatable bonds is 7. The molecule has 0 aliphatic rings. The maximum absolute atomic E-state index is 12.6. The normalized spacial score (nSPS) is 11.0. The summed E-state index contributed by atoms with van der Waals surface area (Å²) >= 11 is 5.57. The van der Waals surface area contributed by atoms with Crippen LogP contribution in [-0.4, -0.2) is 44.3 Å². The van der Waals surface area contributed by atoms with Gasteiger partial charge in [0, 0.05) is 5.69 Å². The van der Waals surface area contributed by atoms with Gasteiger partial charge in [0.15, 0.2) is 5.78 Å². The van der Waals surface area contributed by atoms with Crippen molar-refractivity contribution in [2.24, 2.45) is 0 Å². The second-order valence-electron chi connectivity index (χ2n) is 4.67. The van der Waals surface area contributed by atoms with Gasteiger partial charge in [-0.25, -0.2) is 8.42 Å². The third-order valence-electron chi connectivity index (χ3n) is 3.04. The van der Waals surface area contributed by atoms with E-state index in [4.69, 9.17) is 26.8 Å². The molecule has 0 aliphatic heterocycles. The first-order chi connectivity index (χ1) is 11.8. The molecular weight excluding hydrogens is 372 g/mol. The first-order valence-electron chi connectivity index (χ1n) is 6.80. The molecule has 0 fully saturated rings. The highest BCUT2D eigenvalue weighted by molar-refractivity contribution is 7.92. The number of methoxy groups -OCH3 is 2. The quantitative estimate of drug-likeness (QED) is 0.413. The van der Waals surface area contributed by atoms with E-state index in [0.29, 0.717) is 5.69 Å². The molecule has 0 saturated heterocycles. The molecule has 2 rings (SSSR count). The van der Waals surface area contributed by atoms with E-state index in [1.165, 1.54) is 38.5 Å². The molecule has 1 aromatic carbocycles. The van der Waals surface area contributed by atoms with Crippen LogP contribution in [-0.2, 0) is 10.0 Å². The molecule has 0 spiro atoms. The van der Waals surface area contributed by atoms with Crippen LogP contribution >= 0.6 is 11.6 Å². The summed E-state index contributed by atoms with van der Waals surface area (Å²) in [6.07, 6.45) is 0. The molecule has 2 aromatic rings. The summed E-state index contributed by atoms with van der Waals surface area (Å²) in [6, 6.07) is 5.33. The number of nitrogens with one attached hydrogen (secondary N) is 1. The number of benzene rings is 1. The number of nitrogens with zero attached hydrogens (tertiary/aromatic N) is 2. The number of halogens is 1. The van der Waals surface area contributed by atoms with E-state index >= 15 is 0 Å². The Hall–Kier alpha value is -2.59. The van der Waals surface area contributed by atoms with Gasteiger partial charge in [-0.05, 0) is 24.3 Å². The van der Waals surface area contributed by atoms with Crippen molar-refractivity contribution in [3.63, 3.8) is 0 Å². The van der Waals surface area contributed by atoms with Gasteiger partial charge in [0.2, 0.25) is 5.88 Å². The second kappa shape index (κ2) is 7.53. The minimum absolute atomic E-state index is 0.0659. The van der Waals surface area contributed by atoms with Crippen LogP contribution < -0.4 is 19.9 Å². The monoisotopic (exact) mass is 386 g/mol. The Bertz CT molecular complexity index is 887. The first-order valence-corrected chi connectivity index (χ1v) is 8.81. The fraction of sp³-hybridized carbons (Fsp3) is 0.214. The van der Waals surface area contributed by atoms with Crippen molar-refractivity contribution in [2.75, 3.05) is 30.6 Å². The standard InChI is InChI=1S/C14H15ClN4O5S/c1-23-13-12(11(10(20)7-15)17-14(18-13)24-2)19-25(21,22)9-5-3-8(16)4-6-9/h3-6,19H,7,16H2,1-2H3. The average Bonchev–Trinajstić information content (AvgIpc) is 2.61. The van der Waals surface area contributed by atoms with Gasteiger partial charge in [0.05, 0.1) is 25.0 Å². The lowest BCUT2D eigenvalue weighted by Gasteiger charge is -2.14. The van der Waals surface area contributed by atoms with E-state index in [1.807, 2.05) is 0 Å². The van der Waals surface area contributed by atoms with Gasteiger partial charge in [-0.2, -0.15) is 9.97 Å². The second-order valence-corrected chi connectivity index (χ2v) is 6.62. The lowest BCUT2D eigenvalue weighted by Crippen LogP contribution is -2.19. The van der Waals surface area contributed by atoms with Crippen molar-refractivity contribution in [1.29, 1.82) is 0 Å². The number of anilines is 2. The van der Waals surface area contributed by atoms with Crippen LogP contribution in [0.15, 0.2) is 29.2 Å². The highest BCUT2D eigenvalue weighted by Crippen LogP contribution is 2.30. The predicted molar refractivity (Wildman–Crippen MR) is 91.8 cm³/mol. The van der Waals surface area contributed by atoms with E-state index < -0.39 is 21.7 Å². The molecule has 134 valence electrons. The Kier molecular flexibility index (Phi) is 5.65. The van der Waals surface area contributed by atoms with E-state index in [0.717, 1.165) is 0 Å². The molecule has 1 heterocycles. The molecular formula is C14H15ClN4O5S. The number of alkyl halides is 1. The molecule has 1 aromatic heterocycles. The van der Waals surface area contributed by atoms with Gasteiger partial charge in [0.25, 0.3) is 10.0 Å². The number of carbonyl (C=O) groups excluding carboxylic acids is 1. The number of nitrogens with two attached hydrogens (primary N) is 1. The smallest absolute Gasteiger partial charge is 0.320 e. The van der Waals surface area contributed by atoms with E-state index in [1.54, 1.807) is 0 Å². The molecule has 11 heteroatoms. The highest BCUT2D eigenvalue weighted by atomic mass is 35.5. The molecule has 0 bridgehead atoms. The number of carbonyl (C=O) groups is 1. The molecule has 0 saturated carbocycles. The summed E-state index contributed by atoms with van der Waals surface area (Å²) in [5.41, 5.74) is 5.46. The maximum atomic E-state index is 12.6. The van der Waals surface area contributed by atoms with E-state index in [-0.39, 0.29) is 28.2 Å². The zero-order valence-electron chi connectivity index (χ0n) is 13.3. The molecule has 9 nitrogen and oxygen atoms in total. The molecule has 25 heavy (non-hydrogen) atoms. The molecule has 0 atom stereocenters. The van der Waals surface area contributed by atoms with Crippen molar-refractivity contribution in [2.45, 2.75) is 4.90 Å². The van der Waals surface area contributed by atoms with Crippen LogP contribution in [0.4, 0.5) is 11.4 Å². The molecule has 3 N–H and O–H groups in total. The summed E-state index contributed by atoms with van der Waals surface area (Å²) in [4.78, 5) is 19.7. The Balaban J connectivity index is 2.57. The zero-order valence-corrected chi connectivity index (χ0v) is 14.9. The van der Waals surface area contributed by atoms with Gasteiger partial charge in [-0.1, -0.05) is 0 Å². The Morgan fingerprint density at radius 1 is 1.20 bits per heavy atom. The third-order valence-corrected chi connectivity index (χ3v) is 4.65. The lowest BCUT2D eigenvalue weighted by molar-refractivity contribution is 0.101. The number of nitrogen functional groups attached to an aromatic ring is 1. The fourth-order valence-electron chi connectivity index (χ4n) is 1.86. The molecule has 0 unspecified atom stereocenters. The summed E-state index contributed by atoms with van der Waals surface area (Å²) < 4.78 is 37.3. The predicted octanol–water partition coefficient (Wildman–Crippen LogP) is 1.30. The van der Waals surface area contributed by atoms with Crippen LogP contribution in [0.2, 0.25) is 0 Å². The molecule has 0 aliphatic carbocycles. The summed E-state index contributed by atoms with van der Waals surface area (Å²) in [6.45, 7) is 0. The highest BCUT2D eigenvalue weighted by Gasteiger charge is 2.25. The van der Waals surface area contributed by atoms with Gasteiger partial charge in [-0.3, -0.25) is 9.52 Å². The minimum Gasteiger partial charge on any atom is -0.479 e. The Morgan fingerprint density at radius 3 is 2.36 bits per heavy atom. The maximum Gasteiger partial charge on any atom is 0.320 e. The number of ether oxygens (including phenoxy) is 2. The van der Waals surface area contributed by atoms with E-state index in [9.17, 15) is 13.2 Å². The number of aromatic nitrogens is 2. The van der Waals surface area contributed by atoms with Crippen molar-refractivity contribution in [3.8, 4) is 11.9 Å². The zero-order chi connectivity index (χ0) is 18.6. The van der Waals surface area contributed by atoms with Crippen LogP contribution in [0.1, 0.15) is 10.5 Å². The fourth-order valence-corrected chi connectivity index (χ4v) is 3.05. The first kappa shape index (κ1) is 18.7. The number of sulfonamides is 1. The summed E-state index contributed by atoms with van der Waals surface area (Å²) in [7, 11) is -1.49. The number of ketones is 1. The average molecular weight is 387 g/mol. The lowest BCUT2D eigenvalue weighted by atomic mass is 10.2. The number of hydrogen-bond acceptors (Lipinski definition) is 8. The van der Waals surface area contributed by atoms with Crippen LogP contribution in [0.5, 0.6) is 11.9 Å². The van der Waals surface area contributed by atoms with Crippen molar-refractivity contribution in [3.05, 3.63) is 30.0 Å². The molecule has 0 radical (unpaired) electrons. The van der Waals surface area contributed by atoms with E-state index in [2.05, 4.69) is 14.7 Å². The van der Waals surface area contributed by atoms with Crippen LogP contribution in [0.3, 0.4) is 0 Å². The SMILES string of the molecule is COc1nc(OC)c(NS(=O)(=O)c2ccc(N)cc2)c(C(=O)CCl)n1. The van der Waals surface area contributed by atoms with Crippen molar-refractivity contribution in [1.82, 2.24) is 9.97 Å². The van der Waals surface area contributed by atoms with Gasteiger partial charge >= 0.3 is 6.01 Å². The Labute approximate surface area is 149 Å². The van der Waals surface area contributed by atoms with Gasteiger partial charge in [0.1, 0.15) is 11.4 Å². The minimum atomic E-state index is -4.05.